The second-order valence-corrected chi connectivity index (χ2v) is 15.4. The molecule has 0 radical (unpaired) electrons. The number of rotatable bonds is 3. The third-order valence-electron chi connectivity index (χ3n) is 10.5. The summed E-state index contributed by atoms with van der Waals surface area (Å²) in [6.07, 6.45) is 3.72. The number of hydrogen-bond donors (Lipinski definition) is 6. The number of carbonyl (C=O) groups is 3. The standard InChI is InChI=1S/C39H48N2O12S/c1-16-11-10-12-17(2)38(49)41-29-33(47)26-25(28-36(29)54-24(15-42)40-28)27-35(21(6)32(26)46)53-39(8,37(27)48)51-14-13-23(50-9)18(3)34(52-22(7)43)20(5)31(45)19(4)30(16)44/h10-14,16,18-20,23,30-31,34,42,44-47H,15H2,1-9H3,(H,41,49)/t16-,18+,19-,20+,23-,30-,31+,34+,39+/m0/s1. The van der Waals surface area contributed by atoms with Crippen molar-refractivity contribution >= 4 is 55.7 Å². The molecule has 3 aromatic rings. The van der Waals surface area contributed by atoms with Gasteiger partial charge in [0.2, 0.25) is 0 Å². The van der Waals surface area contributed by atoms with Crippen molar-refractivity contribution < 1.29 is 58.9 Å². The Labute approximate surface area is 316 Å². The van der Waals surface area contributed by atoms with E-state index in [9.17, 15) is 39.9 Å². The monoisotopic (exact) mass is 768 g/mol. The number of phenolic OH excluding ortho intramolecular Hbond substituents is 2. The molecule has 3 heterocycles. The number of ether oxygens (including phenoxy) is 4. The lowest BCUT2D eigenvalue weighted by atomic mass is 9.78. The van der Waals surface area contributed by atoms with Crippen molar-refractivity contribution in [2.24, 2.45) is 23.7 Å². The minimum absolute atomic E-state index is 0.00653. The van der Waals surface area contributed by atoms with Crippen LogP contribution in [0.4, 0.5) is 5.69 Å². The highest BCUT2D eigenvalue weighted by Gasteiger charge is 2.49. The molecule has 5 rings (SSSR count). The predicted molar refractivity (Wildman–Crippen MR) is 201 cm³/mol. The molecule has 1 amide bonds. The summed E-state index contributed by atoms with van der Waals surface area (Å²) in [5.74, 6) is -7.18. The van der Waals surface area contributed by atoms with Gasteiger partial charge >= 0.3 is 11.8 Å². The maximum atomic E-state index is 14.3. The molecule has 0 saturated heterocycles. The number of aromatic nitrogens is 1. The number of fused-ring (bicyclic) bond motifs is 1. The van der Waals surface area contributed by atoms with Crippen LogP contribution in [0.3, 0.4) is 0 Å². The second-order valence-electron chi connectivity index (χ2n) is 14.3. The average molecular weight is 769 g/mol. The van der Waals surface area contributed by atoms with Gasteiger partial charge in [0.25, 0.3) is 11.7 Å². The summed E-state index contributed by atoms with van der Waals surface area (Å²) in [4.78, 5) is 44.7. The van der Waals surface area contributed by atoms with Gasteiger partial charge < -0.3 is 49.8 Å². The zero-order chi connectivity index (χ0) is 40.0. The van der Waals surface area contributed by atoms with Gasteiger partial charge in [-0.25, -0.2) is 4.98 Å². The van der Waals surface area contributed by atoms with Gasteiger partial charge in [0.1, 0.15) is 28.3 Å². The van der Waals surface area contributed by atoms with E-state index in [1.807, 2.05) is 0 Å². The van der Waals surface area contributed by atoms with E-state index >= 15 is 0 Å². The molecule has 4 bridgehead atoms. The Morgan fingerprint density at radius 2 is 1.70 bits per heavy atom. The van der Waals surface area contributed by atoms with Crippen molar-refractivity contribution in [3.05, 3.63) is 52.3 Å². The molecule has 2 aliphatic rings. The van der Waals surface area contributed by atoms with Crippen molar-refractivity contribution in [3.63, 3.8) is 0 Å². The Morgan fingerprint density at radius 1 is 1.02 bits per heavy atom. The molecule has 0 spiro atoms. The Kier molecular flexibility index (Phi) is 11.8. The van der Waals surface area contributed by atoms with Gasteiger partial charge in [0, 0.05) is 61.2 Å². The van der Waals surface area contributed by atoms with E-state index in [0.717, 1.165) is 11.3 Å². The first-order chi connectivity index (χ1) is 25.4. The Morgan fingerprint density at radius 3 is 2.33 bits per heavy atom. The molecule has 9 atom stereocenters. The van der Waals surface area contributed by atoms with Crippen LogP contribution >= 0.6 is 11.3 Å². The third-order valence-corrected chi connectivity index (χ3v) is 11.6. The minimum atomic E-state index is -1.97. The van der Waals surface area contributed by atoms with E-state index in [2.05, 4.69) is 10.3 Å². The number of phenols is 2. The van der Waals surface area contributed by atoms with E-state index in [4.69, 9.17) is 18.9 Å². The zero-order valence-corrected chi connectivity index (χ0v) is 32.5. The van der Waals surface area contributed by atoms with E-state index in [1.54, 1.807) is 46.8 Å². The van der Waals surface area contributed by atoms with Crippen molar-refractivity contribution in [3.8, 4) is 17.2 Å². The molecule has 0 aliphatic carbocycles. The largest absolute Gasteiger partial charge is 0.507 e. The summed E-state index contributed by atoms with van der Waals surface area (Å²) >= 11 is 0.986. The van der Waals surface area contributed by atoms with Crippen LogP contribution in [-0.4, -0.2) is 85.5 Å². The van der Waals surface area contributed by atoms with Crippen molar-refractivity contribution in [1.82, 2.24) is 4.98 Å². The normalized spacial score (nSPS) is 29.7. The van der Waals surface area contributed by atoms with Crippen LogP contribution in [0.5, 0.6) is 17.2 Å². The first kappa shape index (κ1) is 40.6. The van der Waals surface area contributed by atoms with Crippen molar-refractivity contribution in [2.75, 3.05) is 12.4 Å². The second kappa shape index (κ2) is 15.7. The fraction of sp³-hybridized carbons (Fsp3) is 0.487. The molecule has 0 unspecified atom stereocenters. The molecule has 2 aromatic carbocycles. The molecule has 1 aromatic heterocycles. The molecule has 54 heavy (non-hydrogen) atoms. The lowest BCUT2D eigenvalue weighted by molar-refractivity contribution is -0.160. The van der Waals surface area contributed by atoms with Gasteiger partial charge in [-0.3, -0.25) is 14.4 Å². The molecular formula is C39H48N2O12S. The van der Waals surface area contributed by atoms with Gasteiger partial charge in [-0.2, -0.15) is 0 Å². The van der Waals surface area contributed by atoms with Crippen LogP contribution in [0, 0.1) is 30.6 Å². The third kappa shape index (κ3) is 7.18. The number of ketones is 1. The average Bonchev–Trinajstić information content (AvgIpc) is 3.68. The summed E-state index contributed by atoms with van der Waals surface area (Å²) in [7, 11) is 1.44. The summed E-state index contributed by atoms with van der Waals surface area (Å²) in [5, 5.41) is 58.8. The number of amides is 1. The smallest absolute Gasteiger partial charge is 0.312 e. The SMILES string of the molecule is CO[C@H]1C=CO[C@]2(C)Oc3c(C)c(O)c4c(O)c(c5sc(CO)nc5c4c3C2=O)NC(=O)C(C)=CC=C[C@H](C)[C@H](O)[C@H](C)[C@@H](O)[C@@H](C)[C@H](OC(C)=O)[C@@H]1C. The number of allylic oxidation sites excluding steroid dienone is 2. The van der Waals surface area contributed by atoms with Crippen LogP contribution in [0.15, 0.2) is 36.1 Å². The quantitative estimate of drug-likeness (QED) is 0.150. The topological polar surface area (TPSA) is 214 Å². The molecule has 14 nitrogen and oxygen atoms in total. The van der Waals surface area contributed by atoms with Crippen LogP contribution in [0.2, 0.25) is 0 Å². The summed E-state index contributed by atoms with van der Waals surface area (Å²) in [5.41, 5.74) is 0.350. The lowest BCUT2D eigenvalue weighted by Crippen LogP contribution is -2.46. The highest BCUT2D eigenvalue weighted by Crippen LogP contribution is 2.54. The minimum Gasteiger partial charge on any atom is -0.507 e. The number of thiazole rings is 1. The summed E-state index contributed by atoms with van der Waals surface area (Å²) in [6, 6.07) is 0. The number of nitrogens with zero attached hydrogens (tertiary/aromatic N) is 1. The number of aromatic hydroxyl groups is 2. The highest BCUT2D eigenvalue weighted by atomic mass is 32.1. The van der Waals surface area contributed by atoms with Crippen LogP contribution < -0.4 is 10.1 Å². The number of aliphatic hydroxyl groups is 3. The van der Waals surface area contributed by atoms with E-state index in [0.29, 0.717) is 0 Å². The van der Waals surface area contributed by atoms with Gasteiger partial charge in [0.15, 0.2) is 5.75 Å². The number of nitrogens with one attached hydrogen (secondary N) is 1. The molecule has 292 valence electrons. The van der Waals surface area contributed by atoms with Gasteiger partial charge in [-0.1, -0.05) is 45.9 Å². The number of Topliss-reactive ketones (excluding diaryl/α,β-unsaturated/α-hetero) is 1. The number of hydrogen-bond acceptors (Lipinski definition) is 14. The lowest BCUT2D eigenvalue weighted by Gasteiger charge is -2.38. The molecular weight excluding hydrogens is 720 g/mol. The van der Waals surface area contributed by atoms with Gasteiger partial charge in [-0.15, -0.1) is 11.3 Å². The molecule has 0 saturated carbocycles. The fourth-order valence-electron chi connectivity index (χ4n) is 7.23. The number of carbonyl (C=O) groups excluding carboxylic acids is 3. The van der Waals surface area contributed by atoms with E-state index < -0.39 is 89.6 Å². The molecule has 6 N–H and O–H groups in total. The number of anilines is 1. The summed E-state index contributed by atoms with van der Waals surface area (Å²) < 4.78 is 23.8. The number of methoxy groups -OCH3 is 1. The first-order valence-corrected chi connectivity index (χ1v) is 18.4. The van der Waals surface area contributed by atoms with E-state index in [1.165, 1.54) is 46.3 Å². The highest BCUT2D eigenvalue weighted by molar-refractivity contribution is 7.19. The number of esters is 1. The maximum absolute atomic E-state index is 14.3. The number of benzene rings is 2. The van der Waals surface area contributed by atoms with Gasteiger partial charge in [0.05, 0.1) is 52.3 Å². The maximum Gasteiger partial charge on any atom is 0.312 e. The van der Waals surface area contributed by atoms with Crippen LogP contribution in [0.1, 0.15) is 69.4 Å². The Balaban J connectivity index is 1.71. The summed E-state index contributed by atoms with van der Waals surface area (Å²) in [6.45, 7) is 12.2. The van der Waals surface area contributed by atoms with E-state index in [-0.39, 0.29) is 54.1 Å². The van der Waals surface area contributed by atoms with Crippen LogP contribution in [0.25, 0.3) is 21.0 Å². The fourth-order valence-corrected chi connectivity index (χ4v) is 8.17. The van der Waals surface area contributed by atoms with Crippen molar-refractivity contribution in [1.29, 1.82) is 0 Å². The molecule has 15 heteroatoms. The predicted octanol–water partition coefficient (Wildman–Crippen LogP) is 5.15. The number of aliphatic hydroxyl groups excluding tert-OH is 3. The zero-order valence-electron chi connectivity index (χ0n) is 31.7. The molecule has 2 aliphatic heterocycles. The van der Waals surface area contributed by atoms with Crippen molar-refractivity contribution in [2.45, 2.75) is 92.2 Å². The Bertz CT molecular complexity index is 2070. The molecule has 0 fully saturated rings. The van der Waals surface area contributed by atoms with Gasteiger partial charge in [-0.05, 0) is 19.9 Å². The first-order valence-electron chi connectivity index (χ1n) is 17.6. The van der Waals surface area contributed by atoms with Crippen LogP contribution in [-0.2, 0) is 30.4 Å². The Hall–Kier alpha value is -4.54.